The van der Waals surface area contributed by atoms with Crippen LogP contribution in [0.15, 0.2) is 42.5 Å². The van der Waals surface area contributed by atoms with Crippen molar-refractivity contribution in [3.8, 4) is 5.75 Å². The summed E-state index contributed by atoms with van der Waals surface area (Å²) in [6.45, 7) is 1.39. The molecule has 0 saturated heterocycles. The highest BCUT2D eigenvalue weighted by atomic mass is 19.4. The van der Waals surface area contributed by atoms with Crippen LogP contribution in [0.4, 0.5) is 18.9 Å². The minimum absolute atomic E-state index is 0.0312. The van der Waals surface area contributed by atoms with Crippen molar-refractivity contribution in [1.82, 2.24) is 5.32 Å². The van der Waals surface area contributed by atoms with Gasteiger partial charge in [-0.3, -0.25) is 19.8 Å². The number of rotatable bonds is 11. The highest BCUT2D eigenvalue weighted by Gasteiger charge is 2.32. The third-order valence-electron chi connectivity index (χ3n) is 4.77. The summed E-state index contributed by atoms with van der Waals surface area (Å²) >= 11 is 0. The lowest BCUT2D eigenvalue weighted by molar-refractivity contribution is -0.138. The molecule has 0 spiro atoms. The van der Waals surface area contributed by atoms with E-state index >= 15 is 0 Å². The second-order valence-electron chi connectivity index (χ2n) is 7.60. The van der Waals surface area contributed by atoms with Gasteiger partial charge < -0.3 is 26.2 Å². The highest BCUT2D eigenvalue weighted by molar-refractivity contribution is 6.04. The van der Waals surface area contributed by atoms with Gasteiger partial charge in [-0.05, 0) is 55.8 Å². The molecule has 188 valence electrons. The molecular weight excluding hydrogens is 469 g/mol. The fourth-order valence-electron chi connectivity index (χ4n) is 3.05. The second kappa shape index (κ2) is 11.9. The molecule has 0 aliphatic heterocycles. The van der Waals surface area contributed by atoms with Gasteiger partial charge in [-0.2, -0.15) is 13.2 Å². The molecule has 2 aromatic carbocycles. The van der Waals surface area contributed by atoms with Gasteiger partial charge in [-0.25, -0.2) is 0 Å². The molecule has 2 amide bonds. The normalized spacial score (nSPS) is 11.9. The van der Waals surface area contributed by atoms with Crippen molar-refractivity contribution in [3.05, 3.63) is 59.2 Å². The molecule has 0 heterocycles. The predicted molar refractivity (Wildman–Crippen MR) is 121 cm³/mol. The number of carboxylic acid groups (broad SMARTS) is 1. The lowest BCUT2D eigenvalue weighted by Gasteiger charge is -2.20. The number of nitrogens with two attached hydrogens (primary N) is 1. The summed E-state index contributed by atoms with van der Waals surface area (Å²) in [5.74, 6) is -2.50. The number of benzene rings is 2. The van der Waals surface area contributed by atoms with E-state index in [1.165, 1.54) is 31.2 Å². The molecule has 0 aromatic heterocycles. The van der Waals surface area contributed by atoms with E-state index in [9.17, 15) is 27.6 Å². The summed E-state index contributed by atoms with van der Waals surface area (Å²) in [7, 11) is 0. The zero-order chi connectivity index (χ0) is 26.2. The van der Waals surface area contributed by atoms with Crippen LogP contribution < -0.4 is 21.1 Å². The Morgan fingerprint density at radius 3 is 2.34 bits per heavy atom. The zero-order valence-electron chi connectivity index (χ0n) is 18.7. The van der Waals surface area contributed by atoms with E-state index in [1.54, 1.807) is 0 Å². The number of ether oxygens (including phenoxy) is 1. The van der Waals surface area contributed by atoms with E-state index in [0.717, 1.165) is 18.2 Å². The number of hydrogen-bond acceptors (Lipinski definition) is 5. The Balaban J connectivity index is 2.05. The lowest BCUT2D eigenvalue weighted by Crippen LogP contribution is -2.30. The van der Waals surface area contributed by atoms with Crippen LogP contribution in [0.25, 0.3) is 0 Å². The average Bonchev–Trinajstić information content (AvgIpc) is 2.76. The number of anilines is 1. The van der Waals surface area contributed by atoms with Gasteiger partial charge >= 0.3 is 12.1 Å². The molecule has 0 fully saturated rings. The van der Waals surface area contributed by atoms with Crippen LogP contribution in [0.3, 0.4) is 0 Å². The number of carboxylic acids is 1. The van der Waals surface area contributed by atoms with Crippen LogP contribution >= 0.6 is 0 Å². The van der Waals surface area contributed by atoms with Crippen LogP contribution in [0.1, 0.15) is 48.9 Å². The molecule has 0 aliphatic rings. The van der Waals surface area contributed by atoms with Crippen LogP contribution in [0.5, 0.6) is 5.75 Å². The molecular formula is C23H25F3N4O5. The summed E-state index contributed by atoms with van der Waals surface area (Å²) in [6, 6.07) is 7.89. The van der Waals surface area contributed by atoms with Gasteiger partial charge in [0.15, 0.2) is 0 Å². The SMILES string of the molecule is CC(NC(=O)CC(=O)Nc1ccc(C(=N)N)cc1)c1cc(C(F)(F)F)ccc1OCCCC(=O)O. The Hall–Kier alpha value is -4.09. The van der Waals surface area contributed by atoms with E-state index in [0.29, 0.717) is 11.3 Å². The standard InChI is InChI=1S/C23H25F3N4O5/c1-13(29-19(31)12-20(32)30-16-7-4-14(5-8-16)22(27)28)17-11-15(23(24,25)26)6-9-18(17)35-10-2-3-21(33)34/h4-9,11,13H,2-3,10,12H2,1H3,(H3,27,28)(H,29,31)(H,30,32)(H,33,34). The van der Waals surface area contributed by atoms with Crippen LogP contribution in [0.2, 0.25) is 0 Å². The maximum absolute atomic E-state index is 13.2. The molecule has 0 saturated carbocycles. The molecule has 0 aliphatic carbocycles. The first-order valence-corrected chi connectivity index (χ1v) is 10.5. The number of nitrogens with one attached hydrogen (secondary N) is 3. The van der Waals surface area contributed by atoms with Crippen LogP contribution in [0, 0.1) is 5.41 Å². The molecule has 6 N–H and O–H groups in total. The third kappa shape index (κ3) is 8.65. The van der Waals surface area contributed by atoms with Crippen molar-refractivity contribution in [2.24, 2.45) is 5.73 Å². The van der Waals surface area contributed by atoms with Crippen molar-refractivity contribution >= 4 is 29.3 Å². The van der Waals surface area contributed by atoms with Gasteiger partial charge in [0.2, 0.25) is 11.8 Å². The molecule has 1 unspecified atom stereocenters. The number of hydrogen-bond donors (Lipinski definition) is 5. The Bertz CT molecular complexity index is 1090. The van der Waals surface area contributed by atoms with Crippen molar-refractivity contribution in [2.75, 3.05) is 11.9 Å². The van der Waals surface area contributed by atoms with E-state index in [2.05, 4.69) is 10.6 Å². The maximum atomic E-state index is 13.2. The zero-order valence-corrected chi connectivity index (χ0v) is 18.7. The summed E-state index contributed by atoms with van der Waals surface area (Å²) in [5, 5.41) is 21.0. The van der Waals surface area contributed by atoms with Gasteiger partial charge in [0.25, 0.3) is 0 Å². The van der Waals surface area contributed by atoms with Gasteiger partial charge in [-0.1, -0.05) is 0 Å². The highest BCUT2D eigenvalue weighted by Crippen LogP contribution is 2.35. The summed E-state index contributed by atoms with van der Waals surface area (Å²) in [4.78, 5) is 35.2. The molecule has 35 heavy (non-hydrogen) atoms. The Morgan fingerprint density at radius 2 is 1.77 bits per heavy atom. The molecule has 0 radical (unpaired) electrons. The number of amides is 2. The van der Waals surface area contributed by atoms with Gasteiger partial charge in [0.1, 0.15) is 18.0 Å². The first kappa shape index (κ1) is 27.2. The quantitative estimate of drug-likeness (QED) is 0.140. The first-order chi connectivity index (χ1) is 16.4. The molecule has 0 bridgehead atoms. The summed E-state index contributed by atoms with van der Waals surface area (Å²) < 4.78 is 45.1. The van der Waals surface area contributed by atoms with Crippen LogP contribution in [-0.4, -0.2) is 35.3 Å². The number of carbonyl (C=O) groups is 3. The number of alkyl halides is 3. The number of halogens is 3. The van der Waals surface area contributed by atoms with Crippen molar-refractivity contribution in [3.63, 3.8) is 0 Å². The van der Waals surface area contributed by atoms with Gasteiger partial charge in [-0.15, -0.1) is 0 Å². The Morgan fingerprint density at radius 1 is 1.11 bits per heavy atom. The Kier molecular flexibility index (Phi) is 9.20. The minimum atomic E-state index is -4.63. The number of amidine groups is 1. The van der Waals surface area contributed by atoms with Crippen molar-refractivity contribution in [2.45, 2.75) is 38.4 Å². The molecule has 2 aromatic rings. The van der Waals surface area contributed by atoms with Gasteiger partial charge in [0.05, 0.1) is 18.2 Å². The fraction of sp³-hybridized carbons (Fsp3) is 0.304. The minimum Gasteiger partial charge on any atom is -0.493 e. The van der Waals surface area contributed by atoms with E-state index < -0.39 is 42.0 Å². The molecule has 2 rings (SSSR count). The van der Waals surface area contributed by atoms with E-state index in [1.807, 2.05) is 0 Å². The third-order valence-corrected chi connectivity index (χ3v) is 4.77. The number of nitrogen functional groups attached to an aromatic ring is 1. The summed E-state index contributed by atoms with van der Waals surface area (Å²) in [6.07, 6.45) is -5.25. The second-order valence-corrected chi connectivity index (χ2v) is 7.60. The number of aliphatic carboxylic acids is 1. The first-order valence-electron chi connectivity index (χ1n) is 10.5. The van der Waals surface area contributed by atoms with E-state index in [4.69, 9.17) is 21.0 Å². The van der Waals surface area contributed by atoms with E-state index in [-0.39, 0.29) is 36.6 Å². The fourth-order valence-corrected chi connectivity index (χ4v) is 3.05. The topological polar surface area (TPSA) is 155 Å². The Labute approximate surface area is 199 Å². The monoisotopic (exact) mass is 494 g/mol. The summed E-state index contributed by atoms with van der Waals surface area (Å²) in [5.41, 5.74) is 5.27. The lowest BCUT2D eigenvalue weighted by atomic mass is 10.0. The predicted octanol–water partition coefficient (Wildman–Crippen LogP) is 3.44. The van der Waals surface area contributed by atoms with Crippen LogP contribution in [-0.2, 0) is 20.6 Å². The smallest absolute Gasteiger partial charge is 0.416 e. The van der Waals surface area contributed by atoms with Gasteiger partial charge in [0, 0.05) is 23.2 Å². The molecule has 1 atom stereocenters. The van der Waals surface area contributed by atoms with Crippen molar-refractivity contribution in [1.29, 1.82) is 5.41 Å². The van der Waals surface area contributed by atoms with Crippen molar-refractivity contribution < 1.29 is 37.4 Å². The maximum Gasteiger partial charge on any atom is 0.416 e. The molecule has 12 heteroatoms. The average molecular weight is 494 g/mol. The number of carbonyl (C=O) groups excluding carboxylic acids is 2. The molecule has 9 nitrogen and oxygen atoms in total. The largest absolute Gasteiger partial charge is 0.493 e.